The monoisotopic (exact) mass is 271 g/mol. The van der Waals surface area contributed by atoms with Crippen LogP contribution in [0.4, 0.5) is 0 Å². The fraction of sp³-hybridized carbons (Fsp3) is 0.471. The summed E-state index contributed by atoms with van der Waals surface area (Å²) in [4.78, 5) is 11.9. The van der Waals surface area contributed by atoms with Gasteiger partial charge in [0.05, 0.1) is 0 Å². The van der Waals surface area contributed by atoms with Crippen molar-refractivity contribution in [2.45, 2.75) is 52.4 Å². The Kier molecular flexibility index (Phi) is 5.37. The molecule has 2 rings (SSSR count). The van der Waals surface area contributed by atoms with Crippen LogP contribution >= 0.6 is 0 Å². The van der Waals surface area contributed by atoms with Gasteiger partial charge in [-0.3, -0.25) is 4.98 Å². The second-order valence-corrected chi connectivity index (χ2v) is 6.87. The van der Waals surface area contributed by atoms with Crippen molar-refractivity contribution in [1.82, 2.24) is 15.0 Å². The summed E-state index contributed by atoms with van der Waals surface area (Å²) in [5.41, 5.74) is 2.86. The smallest absolute Gasteiger partial charge is 0.115 e. The second kappa shape index (κ2) is 6.60. The fourth-order valence-corrected chi connectivity index (χ4v) is 1.49. The van der Waals surface area contributed by atoms with Crippen molar-refractivity contribution in [3.63, 3.8) is 0 Å². The molecule has 2 heterocycles. The van der Waals surface area contributed by atoms with Gasteiger partial charge in [-0.1, -0.05) is 47.6 Å². The van der Waals surface area contributed by atoms with E-state index in [-0.39, 0.29) is 10.8 Å². The quantitative estimate of drug-likeness (QED) is 0.722. The summed E-state index contributed by atoms with van der Waals surface area (Å²) in [7, 11) is 0. The highest BCUT2D eigenvalue weighted by Crippen LogP contribution is 2.20. The normalized spacial score (nSPS) is 11.5. The molecule has 0 bridgehead atoms. The molecule has 0 unspecified atom stereocenters. The number of aromatic nitrogens is 3. The summed E-state index contributed by atoms with van der Waals surface area (Å²) >= 11 is 0. The van der Waals surface area contributed by atoms with Crippen LogP contribution in [0, 0.1) is 0 Å². The Bertz CT molecular complexity index is 444. The first-order valence-corrected chi connectivity index (χ1v) is 6.87. The minimum Gasteiger partial charge on any atom is -0.264 e. The Balaban J connectivity index is 0.000000200. The first kappa shape index (κ1) is 16.3. The molecule has 0 amide bonds. The van der Waals surface area contributed by atoms with E-state index in [2.05, 4.69) is 62.6 Å². The number of rotatable bonds is 0. The SMILES string of the molecule is CC(C)(C)c1cccnc1.CC(C)(C)c1cncnc1. The van der Waals surface area contributed by atoms with E-state index < -0.39 is 0 Å². The molecular formula is C17H25N3. The summed E-state index contributed by atoms with van der Waals surface area (Å²) in [6.07, 6.45) is 8.98. The Morgan fingerprint density at radius 1 is 0.700 bits per heavy atom. The van der Waals surface area contributed by atoms with Crippen molar-refractivity contribution in [2.24, 2.45) is 0 Å². The van der Waals surface area contributed by atoms with Gasteiger partial charge in [-0.25, -0.2) is 9.97 Å². The van der Waals surface area contributed by atoms with Crippen LogP contribution < -0.4 is 0 Å². The zero-order valence-electron chi connectivity index (χ0n) is 13.4. The third-order valence-electron chi connectivity index (χ3n) is 2.95. The van der Waals surface area contributed by atoms with Gasteiger partial charge in [0.1, 0.15) is 6.33 Å². The third kappa shape index (κ3) is 5.47. The molecule has 20 heavy (non-hydrogen) atoms. The lowest BCUT2D eigenvalue weighted by Crippen LogP contribution is -2.11. The van der Waals surface area contributed by atoms with E-state index in [0.29, 0.717) is 0 Å². The highest BCUT2D eigenvalue weighted by molar-refractivity contribution is 5.17. The van der Waals surface area contributed by atoms with Gasteiger partial charge >= 0.3 is 0 Å². The Hall–Kier alpha value is -1.77. The number of pyridine rings is 1. The van der Waals surface area contributed by atoms with Crippen LogP contribution in [0.1, 0.15) is 52.7 Å². The fourth-order valence-electron chi connectivity index (χ4n) is 1.49. The van der Waals surface area contributed by atoms with E-state index in [0.717, 1.165) is 0 Å². The van der Waals surface area contributed by atoms with Crippen LogP contribution in [0.25, 0.3) is 0 Å². The van der Waals surface area contributed by atoms with Crippen LogP contribution in [0.2, 0.25) is 0 Å². The van der Waals surface area contributed by atoms with Gasteiger partial charge in [-0.05, 0) is 28.0 Å². The lowest BCUT2D eigenvalue weighted by molar-refractivity contribution is 0.584. The molecule has 0 saturated carbocycles. The molecule has 3 nitrogen and oxygen atoms in total. The molecule has 0 aliphatic rings. The van der Waals surface area contributed by atoms with Crippen molar-refractivity contribution in [1.29, 1.82) is 0 Å². The molecule has 2 aromatic rings. The van der Waals surface area contributed by atoms with Crippen molar-refractivity contribution in [3.8, 4) is 0 Å². The highest BCUT2D eigenvalue weighted by atomic mass is 14.8. The minimum absolute atomic E-state index is 0.168. The van der Waals surface area contributed by atoms with Crippen molar-refractivity contribution < 1.29 is 0 Å². The maximum absolute atomic E-state index is 4.05. The summed E-state index contributed by atoms with van der Waals surface area (Å²) in [6, 6.07) is 4.08. The molecule has 108 valence electrons. The van der Waals surface area contributed by atoms with Gasteiger partial charge in [0, 0.05) is 24.8 Å². The van der Waals surface area contributed by atoms with Gasteiger partial charge < -0.3 is 0 Å². The summed E-state index contributed by atoms with van der Waals surface area (Å²) < 4.78 is 0. The largest absolute Gasteiger partial charge is 0.264 e. The summed E-state index contributed by atoms with van der Waals surface area (Å²) in [5, 5.41) is 0. The highest BCUT2D eigenvalue weighted by Gasteiger charge is 2.13. The third-order valence-corrected chi connectivity index (χ3v) is 2.95. The van der Waals surface area contributed by atoms with Gasteiger partial charge in [-0.2, -0.15) is 0 Å². The number of nitrogens with zero attached hydrogens (tertiary/aromatic N) is 3. The van der Waals surface area contributed by atoms with Crippen LogP contribution in [-0.2, 0) is 10.8 Å². The minimum atomic E-state index is 0.168. The molecule has 0 saturated heterocycles. The maximum atomic E-state index is 4.05. The van der Waals surface area contributed by atoms with Crippen LogP contribution in [0.15, 0.2) is 43.2 Å². The van der Waals surface area contributed by atoms with E-state index in [1.54, 1.807) is 12.5 Å². The standard InChI is InChI=1S/C9H13N.C8H12N2/c1-9(2,3)8-5-4-6-10-7-8;1-8(2,3)7-4-9-6-10-5-7/h4-7H,1-3H3;4-6H,1-3H3. The Morgan fingerprint density at radius 3 is 1.50 bits per heavy atom. The molecule has 0 atom stereocenters. The Morgan fingerprint density at radius 2 is 1.20 bits per heavy atom. The molecule has 0 aliphatic heterocycles. The van der Waals surface area contributed by atoms with E-state index in [9.17, 15) is 0 Å². The average Bonchev–Trinajstić information content (AvgIpc) is 2.40. The molecule has 2 aromatic heterocycles. The zero-order chi connectivity index (χ0) is 15.2. The van der Waals surface area contributed by atoms with Crippen molar-refractivity contribution >= 4 is 0 Å². The topological polar surface area (TPSA) is 38.7 Å². The molecule has 0 fully saturated rings. The summed E-state index contributed by atoms with van der Waals surface area (Å²) in [6.45, 7) is 13.0. The average molecular weight is 271 g/mol. The second-order valence-electron chi connectivity index (χ2n) is 6.87. The van der Waals surface area contributed by atoms with Crippen LogP contribution in [0.3, 0.4) is 0 Å². The molecule has 3 heteroatoms. The van der Waals surface area contributed by atoms with Gasteiger partial charge in [0.2, 0.25) is 0 Å². The predicted molar refractivity (Wildman–Crippen MR) is 83.7 cm³/mol. The first-order valence-electron chi connectivity index (χ1n) is 6.87. The molecule has 0 aliphatic carbocycles. The van der Waals surface area contributed by atoms with Crippen molar-refractivity contribution in [3.05, 3.63) is 54.4 Å². The first-order chi connectivity index (χ1) is 9.21. The molecule has 0 N–H and O–H groups in total. The van der Waals surface area contributed by atoms with Crippen LogP contribution in [-0.4, -0.2) is 15.0 Å². The predicted octanol–water partition coefficient (Wildman–Crippen LogP) is 4.15. The van der Waals surface area contributed by atoms with Gasteiger partial charge in [0.15, 0.2) is 0 Å². The van der Waals surface area contributed by atoms with Crippen LogP contribution in [0.5, 0.6) is 0 Å². The van der Waals surface area contributed by atoms with E-state index in [4.69, 9.17) is 0 Å². The lowest BCUT2D eigenvalue weighted by atomic mass is 9.88. The summed E-state index contributed by atoms with van der Waals surface area (Å²) in [5.74, 6) is 0. The Labute approximate surface area is 122 Å². The lowest BCUT2D eigenvalue weighted by Gasteiger charge is -2.17. The van der Waals surface area contributed by atoms with Gasteiger partial charge in [-0.15, -0.1) is 0 Å². The van der Waals surface area contributed by atoms with E-state index in [1.807, 2.05) is 24.7 Å². The van der Waals surface area contributed by atoms with Gasteiger partial charge in [0.25, 0.3) is 0 Å². The number of hydrogen-bond donors (Lipinski definition) is 0. The number of hydrogen-bond acceptors (Lipinski definition) is 3. The molecule has 0 aromatic carbocycles. The maximum Gasteiger partial charge on any atom is 0.115 e. The zero-order valence-corrected chi connectivity index (χ0v) is 13.4. The van der Waals surface area contributed by atoms with Crippen molar-refractivity contribution in [2.75, 3.05) is 0 Å². The molecule has 0 radical (unpaired) electrons. The van der Waals surface area contributed by atoms with E-state index >= 15 is 0 Å². The molecular weight excluding hydrogens is 246 g/mol. The molecule has 0 spiro atoms. The van der Waals surface area contributed by atoms with E-state index in [1.165, 1.54) is 11.1 Å².